The van der Waals surface area contributed by atoms with E-state index >= 15 is 0 Å². The molecule has 1 saturated heterocycles. The van der Waals surface area contributed by atoms with E-state index in [-0.39, 0.29) is 22.5 Å². The number of nitrogens with zero attached hydrogens (tertiary/aromatic N) is 4. The van der Waals surface area contributed by atoms with Crippen LogP contribution in [0.3, 0.4) is 0 Å². The zero-order valence-electron chi connectivity index (χ0n) is 14.2. The Morgan fingerprint density at radius 1 is 1.15 bits per heavy atom. The summed E-state index contributed by atoms with van der Waals surface area (Å²) in [6.45, 7) is 2.41. The Labute approximate surface area is 160 Å². The number of aromatic nitrogens is 2. The summed E-state index contributed by atoms with van der Waals surface area (Å²) in [5, 5.41) is 3.82. The summed E-state index contributed by atoms with van der Waals surface area (Å²) >= 11 is 11.6. The minimum atomic E-state index is -0.565. The summed E-state index contributed by atoms with van der Waals surface area (Å²) in [6.07, 6.45) is 1.26. The molecular formula is C17H18Cl2N4O3. The first kappa shape index (κ1) is 18.5. The SMILES string of the molecule is COc1ccc(N2CCN(C(=O)Cn3ncc(Cl)c(Cl)c3=O)CC2)cc1. The van der Waals surface area contributed by atoms with Gasteiger partial charge in [0.05, 0.1) is 18.3 Å². The van der Waals surface area contributed by atoms with Crippen LogP contribution in [-0.2, 0) is 11.3 Å². The van der Waals surface area contributed by atoms with Gasteiger partial charge in [0.25, 0.3) is 5.56 Å². The first-order chi connectivity index (χ1) is 12.5. The average molecular weight is 397 g/mol. The summed E-state index contributed by atoms with van der Waals surface area (Å²) < 4.78 is 6.20. The van der Waals surface area contributed by atoms with E-state index in [1.807, 2.05) is 24.3 Å². The van der Waals surface area contributed by atoms with Crippen LogP contribution in [0, 0.1) is 0 Å². The van der Waals surface area contributed by atoms with Gasteiger partial charge < -0.3 is 14.5 Å². The minimum absolute atomic E-state index is 0.0773. The molecule has 7 nitrogen and oxygen atoms in total. The molecule has 1 aliphatic rings. The molecule has 3 rings (SSSR count). The molecule has 1 amide bonds. The third kappa shape index (κ3) is 3.94. The van der Waals surface area contributed by atoms with Crippen molar-refractivity contribution >= 4 is 34.8 Å². The highest BCUT2D eigenvalue weighted by atomic mass is 35.5. The van der Waals surface area contributed by atoms with Gasteiger partial charge in [-0.25, -0.2) is 4.68 Å². The van der Waals surface area contributed by atoms with Crippen molar-refractivity contribution in [2.24, 2.45) is 0 Å². The lowest BCUT2D eigenvalue weighted by Gasteiger charge is -2.36. The predicted octanol–water partition coefficient (Wildman–Crippen LogP) is 1.91. The van der Waals surface area contributed by atoms with E-state index in [0.29, 0.717) is 26.2 Å². The standard InChI is InChI=1S/C17H18Cl2N4O3/c1-26-13-4-2-12(3-5-13)21-6-8-22(9-7-21)15(24)11-23-17(25)16(19)14(18)10-20-23/h2-5,10H,6-9,11H2,1H3. The first-order valence-corrected chi connectivity index (χ1v) is 8.83. The zero-order chi connectivity index (χ0) is 18.7. The highest BCUT2D eigenvalue weighted by molar-refractivity contribution is 6.41. The third-order valence-electron chi connectivity index (χ3n) is 4.30. The van der Waals surface area contributed by atoms with E-state index in [4.69, 9.17) is 27.9 Å². The van der Waals surface area contributed by atoms with Gasteiger partial charge in [-0.15, -0.1) is 0 Å². The van der Waals surface area contributed by atoms with Crippen molar-refractivity contribution in [2.75, 3.05) is 38.2 Å². The number of rotatable bonds is 4. The van der Waals surface area contributed by atoms with Crippen LogP contribution in [0.2, 0.25) is 10.0 Å². The summed E-state index contributed by atoms with van der Waals surface area (Å²) in [6, 6.07) is 7.81. The van der Waals surface area contributed by atoms with Crippen molar-refractivity contribution in [3.63, 3.8) is 0 Å². The van der Waals surface area contributed by atoms with Crippen molar-refractivity contribution in [3.05, 3.63) is 50.9 Å². The number of amides is 1. The number of hydrogen-bond acceptors (Lipinski definition) is 5. The lowest BCUT2D eigenvalue weighted by Crippen LogP contribution is -2.50. The first-order valence-electron chi connectivity index (χ1n) is 8.07. The molecule has 1 aliphatic heterocycles. The van der Waals surface area contributed by atoms with Gasteiger partial charge in [-0.2, -0.15) is 5.10 Å². The number of halogens is 2. The number of hydrogen-bond donors (Lipinski definition) is 0. The van der Waals surface area contributed by atoms with Gasteiger partial charge >= 0.3 is 0 Å². The molecule has 0 bridgehead atoms. The fourth-order valence-corrected chi connectivity index (χ4v) is 3.06. The van der Waals surface area contributed by atoms with Gasteiger partial charge in [-0.3, -0.25) is 9.59 Å². The smallest absolute Gasteiger partial charge is 0.287 e. The number of piperazine rings is 1. The van der Waals surface area contributed by atoms with E-state index in [1.54, 1.807) is 12.0 Å². The number of anilines is 1. The molecule has 1 fully saturated rings. The Bertz CT molecular complexity index is 846. The van der Waals surface area contributed by atoms with Gasteiger partial charge in [0.1, 0.15) is 17.3 Å². The fourth-order valence-electron chi connectivity index (χ4n) is 2.79. The molecule has 0 N–H and O–H groups in total. The Hall–Kier alpha value is -2.25. The summed E-state index contributed by atoms with van der Waals surface area (Å²) in [4.78, 5) is 28.4. The molecule has 0 spiro atoms. The molecule has 0 unspecified atom stereocenters. The van der Waals surface area contributed by atoms with Gasteiger partial charge in [0.2, 0.25) is 5.91 Å². The summed E-state index contributed by atoms with van der Waals surface area (Å²) in [7, 11) is 1.63. The van der Waals surface area contributed by atoms with E-state index in [9.17, 15) is 9.59 Å². The van der Waals surface area contributed by atoms with E-state index in [2.05, 4.69) is 10.00 Å². The van der Waals surface area contributed by atoms with Crippen molar-refractivity contribution in [1.82, 2.24) is 14.7 Å². The molecule has 138 valence electrons. The topological polar surface area (TPSA) is 67.7 Å². The van der Waals surface area contributed by atoms with E-state index in [1.165, 1.54) is 6.20 Å². The van der Waals surface area contributed by atoms with E-state index < -0.39 is 5.56 Å². The molecular weight excluding hydrogens is 379 g/mol. The average Bonchev–Trinajstić information content (AvgIpc) is 2.68. The third-order valence-corrected chi connectivity index (χ3v) is 5.05. The molecule has 0 atom stereocenters. The Balaban J connectivity index is 1.60. The van der Waals surface area contributed by atoms with Crippen molar-refractivity contribution in [1.29, 1.82) is 0 Å². The lowest BCUT2D eigenvalue weighted by molar-refractivity contribution is -0.132. The predicted molar refractivity (Wildman–Crippen MR) is 100 cm³/mol. The summed E-state index contributed by atoms with van der Waals surface area (Å²) in [5.74, 6) is 0.634. The minimum Gasteiger partial charge on any atom is -0.497 e. The highest BCUT2D eigenvalue weighted by Gasteiger charge is 2.22. The van der Waals surface area contributed by atoms with Crippen molar-refractivity contribution in [2.45, 2.75) is 6.54 Å². The van der Waals surface area contributed by atoms with Gasteiger partial charge in [0.15, 0.2) is 0 Å². The molecule has 2 aromatic rings. The summed E-state index contributed by atoms with van der Waals surface area (Å²) in [5.41, 5.74) is 0.518. The van der Waals surface area contributed by atoms with Crippen LogP contribution in [0.4, 0.5) is 5.69 Å². The maximum Gasteiger partial charge on any atom is 0.287 e. The second-order valence-corrected chi connectivity index (χ2v) is 6.62. The second-order valence-electron chi connectivity index (χ2n) is 5.84. The fraction of sp³-hybridized carbons (Fsp3) is 0.353. The molecule has 0 aliphatic carbocycles. The number of carbonyl (C=O) groups is 1. The molecule has 1 aromatic carbocycles. The Morgan fingerprint density at radius 3 is 2.42 bits per heavy atom. The quantitative estimate of drug-likeness (QED) is 0.789. The number of benzene rings is 1. The van der Waals surface area contributed by atoms with Crippen molar-refractivity contribution < 1.29 is 9.53 Å². The van der Waals surface area contributed by atoms with Gasteiger partial charge in [-0.05, 0) is 24.3 Å². The van der Waals surface area contributed by atoms with Gasteiger partial charge in [0, 0.05) is 31.9 Å². The van der Waals surface area contributed by atoms with Crippen LogP contribution in [-0.4, -0.2) is 53.9 Å². The van der Waals surface area contributed by atoms with Crippen LogP contribution < -0.4 is 15.2 Å². The maximum atomic E-state index is 12.5. The van der Waals surface area contributed by atoms with Crippen molar-refractivity contribution in [3.8, 4) is 5.75 Å². The van der Waals surface area contributed by atoms with E-state index in [0.717, 1.165) is 16.1 Å². The molecule has 9 heteroatoms. The zero-order valence-corrected chi connectivity index (χ0v) is 15.7. The van der Waals surface area contributed by atoms with Crippen LogP contribution in [0.15, 0.2) is 35.3 Å². The van der Waals surface area contributed by atoms with Crippen LogP contribution >= 0.6 is 23.2 Å². The number of methoxy groups -OCH3 is 1. The van der Waals surface area contributed by atoms with Crippen LogP contribution in [0.1, 0.15) is 0 Å². The van der Waals surface area contributed by atoms with Crippen LogP contribution in [0.5, 0.6) is 5.75 Å². The largest absolute Gasteiger partial charge is 0.497 e. The molecule has 0 saturated carbocycles. The second kappa shape index (κ2) is 7.97. The molecule has 1 aromatic heterocycles. The van der Waals surface area contributed by atoms with Crippen LogP contribution in [0.25, 0.3) is 0 Å². The number of carbonyl (C=O) groups excluding carboxylic acids is 1. The monoisotopic (exact) mass is 396 g/mol. The Morgan fingerprint density at radius 2 is 1.81 bits per heavy atom. The number of ether oxygens (including phenoxy) is 1. The molecule has 26 heavy (non-hydrogen) atoms. The molecule has 0 radical (unpaired) electrons. The lowest BCUT2D eigenvalue weighted by atomic mass is 10.2. The maximum absolute atomic E-state index is 12.5. The highest BCUT2D eigenvalue weighted by Crippen LogP contribution is 2.20. The molecule has 2 heterocycles. The Kier molecular flexibility index (Phi) is 5.68. The normalized spacial score (nSPS) is 14.4. The van der Waals surface area contributed by atoms with Gasteiger partial charge in [-0.1, -0.05) is 23.2 Å².